The van der Waals surface area contributed by atoms with Crippen molar-refractivity contribution in [3.63, 3.8) is 0 Å². The number of aromatic nitrogens is 2. The third-order valence-corrected chi connectivity index (χ3v) is 4.33. The van der Waals surface area contributed by atoms with Gasteiger partial charge >= 0.3 is 0 Å². The van der Waals surface area contributed by atoms with Gasteiger partial charge in [0.05, 0.1) is 17.2 Å². The van der Waals surface area contributed by atoms with Gasteiger partial charge in [0.2, 0.25) is 5.91 Å². The molecule has 0 aliphatic heterocycles. The fraction of sp³-hybridized carbons (Fsp3) is 0.250. The fourth-order valence-electron chi connectivity index (χ4n) is 2.68. The minimum atomic E-state index is -0.658. The van der Waals surface area contributed by atoms with Gasteiger partial charge in [-0.15, -0.1) is 0 Å². The summed E-state index contributed by atoms with van der Waals surface area (Å²) >= 11 is 0. The standard InChI is InChI=1S/C20H21N3O2/c1-13(2)15-8-10-16(11-9-15)22-19(24)14(3)23-12-21-18-7-5-4-6-17(18)20(23)25/h4-14H,1-3H3,(H,22,24). The van der Waals surface area contributed by atoms with Crippen molar-refractivity contribution in [2.75, 3.05) is 5.32 Å². The largest absolute Gasteiger partial charge is 0.324 e. The van der Waals surface area contributed by atoms with Gasteiger partial charge in [0.1, 0.15) is 6.04 Å². The van der Waals surface area contributed by atoms with E-state index in [2.05, 4.69) is 24.1 Å². The van der Waals surface area contributed by atoms with Crippen LogP contribution in [0.4, 0.5) is 5.69 Å². The molecule has 1 amide bonds. The number of para-hydroxylation sites is 1. The summed E-state index contributed by atoms with van der Waals surface area (Å²) in [7, 11) is 0. The molecule has 3 rings (SSSR count). The van der Waals surface area contributed by atoms with Gasteiger partial charge in [-0.2, -0.15) is 0 Å². The first kappa shape index (κ1) is 16.9. The summed E-state index contributed by atoms with van der Waals surface area (Å²) in [6.07, 6.45) is 1.43. The monoisotopic (exact) mass is 335 g/mol. The maximum Gasteiger partial charge on any atom is 0.261 e. The van der Waals surface area contributed by atoms with E-state index in [1.165, 1.54) is 16.5 Å². The van der Waals surface area contributed by atoms with E-state index in [9.17, 15) is 9.59 Å². The molecule has 0 bridgehead atoms. The van der Waals surface area contributed by atoms with Crippen LogP contribution in [0.25, 0.3) is 10.9 Å². The Kier molecular flexibility index (Phi) is 4.65. The summed E-state index contributed by atoms with van der Waals surface area (Å²) in [5, 5.41) is 3.36. The molecule has 1 atom stereocenters. The van der Waals surface area contributed by atoms with Crippen LogP contribution in [-0.2, 0) is 4.79 Å². The van der Waals surface area contributed by atoms with Crippen LogP contribution in [0, 0.1) is 0 Å². The average molecular weight is 335 g/mol. The number of carbonyl (C=O) groups excluding carboxylic acids is 1. The van der Waals surface area contributed by atoms with Crippen LogP contribution in [0.1, 0.15) is 38.3 Å². The van der Waals surface area contributed by atoms with E-state index in [0.29, 0.717) is 22.5 Å². The minimum absolute atomic E-state index is 0.219. The lowest BCUT2D eigenvalue weighted by Crippen LogP contribution is -2.31. The number of nitrogens with one attached hydrogen (secondary N) is 1. The average Bonchev–Trinajstić information content (AvgIpc) is 2.62. The lowest BCUT2D eigenvalue weighted by atomic mass is 10.0. The highest BCUT2D eigenvalue weighted by atomic mass is 16.2. The Labute approximate surface area is 146 Å². The molecule has 0 fully saturated rings. The van der Waals surface area contributed by atoms with E-state index in [-0.39, 0.29) is 11.5 Å². The van der Waals surface area contributed by atoms with Gasteiger partial charge in [-0.05, 0) is 42.7 Å². The molecule has 0 aliphatic rings. The number of nitrogens with zero attached hydrogens (tertiary/aromatic N) is 2. The zero-order valence-corrected chi connectivity index (χ0v) is 14.6. The fourth-order valence-corrected chi connectivity index (χ4v) is 2.68. The Bertz CT molecular complexity index is 959. The molecule has 2 aromatic carbocycles. The van der Waals surface area contributed by atoms with Gasteiger partial charge in [-0.3, -0.25) is 14.2 Å². The van der Waals surface area contributed by atoms with Crippen molar-refractivity contribution in [2.24, 2.45) is 0 Å². The second-order valence-corrected chi connectivity index (χ2v) is 6.42. The number of hydrogen-bond donors (Lipinski definition) is 1. The predicted octanol–water partition coefficient (Wildman–Crippen LogP) is 3.72. The van der Waals surface area contributed by atoms with Crippen molar-refractivity contribution in [1.82, 2.24) is 9.55 Å². The Hall–Kier alpha value is -2.95. The summed E-state index contributed by atoms with van der Waals surface area (Å²) in [4.78, 5) is 29.4. The van der Waals surface area contributed by atoms with Gasteiger partial charge in [0.25, 0.3) is 5.56 Å². The predicted molar refractivity (Wildman–Crippen MR) is 99.9 cm³/mol. The Balaban J connectivity index is 1.83. The summed E-state index contributed by atoms with van der Waals surface area (Å²) in [6, 6.07) is 14.2. The lowest BCUT2D eigenvalue weighted by molar-refractivity contribution is -0.118. The highest BCUT2D eigenvalue weighted by Gasteiger charge is 2.17. The van der Waals surface area contributed by atoms with Crippen molar-refractivity contribution < 1.29 is 4.79 Å². The number of fused-ring (bicyclic) bond motifs is 1. The molecule has 1 heterocycles. The number of hydrogen-bond acceptors (Lipinski definition) is 3. The van der Waals surface area contributed by atoms with Gasteiger partial charge in [0, 0.05) is 5.69 Å². The molecule has 0 spiro atoms. The van der Waals surface area contributed by atoms with Crippen molar-refractivity contribution in [1.29, 1.82) is 0 Å². The molecule has 0 radical (unpaired) electrons. The Morgan fingerprint density at radius 1 is 1.04 bits per heavy atom. The summed E-state index contributed by atoms with van der Waals surface area (Å²) in [5.74, 6) is 0.183. The first-order valence-electron chi connectivity index (χ1n) is 8.34. The Morgan fingerprint density at radius 2 is 1.72 bits per heavy atom. The van der Waals surface area contributed by atoms with Crippen molar-refractivity contribution in [3.8, 4) is 0 Å². The van der Waals surface area contributed by atoms with Gasteiger partial charge < -0.3 is 5.32 Å². The smallest absolute Gasteiger partial charge is 0.261 e. The summed E-state index contributed by atoms with van der Waals surface area (Å²) in [5.41, 5.74) is 2.33. The number of carbonyl (C=O) groups is 1. The maximum atomic E-state index is 12.6. The molecule has 128 valence electrons. The van der Waals surface area contributed by atoms with Crippen molar-refractivity contribution in [3.05, 3.63) is 70.8 Å². The van der Waals surface area contributed by atoms with Crippen LogP contribution in [0.3, 0.4) is 0 Å². The third-order valence-electron chi connectivity index (χ3n) is 4.33. The molecule has 5 nitrogen and oxygen atoms in total. The number of anilines is 1. The van der Waals surface area contributed by atoms with Crippen LogP contribution >= 0.6 is 0 Å². The summed E-state index contributed by atoms with van der Waals surface area (Å²) in [6.45, 7) is 5.93. The number of benzene rings is 2. The van der Waals surface area contributed by atoms with Crippen LogP contribution in [-0.4, -0.2) is 15.5 Å². The summed E-state index contributed by atoms with van der Waals surface area (Å²) < 4.78 is 1.36. The molecule has 5 heteroatoms. The molecule has 1 N–H and O–H groups in total. The molecular weight excluding hydrogens is 314 g/mol. The zero-order valence-electron chi connectivity index (χ0n) is 14.6. The normalized spacial score (nSPS) is 12.3. The molecule has 3 aromatic rings. The molecule has 0 saturated heterocycles. The van der Waals surface area contributed by atoms with Gasteiger partial charge in [0.15, 0.2) is 0 Å². The van der Waals surface area contributed by atoms with Crippen LogP contribution < -0.4 is 10.9 Å². The van der Waals surface area contributed by atoms with Crippen LogP contribution in [0.2, 0.25) is 0 Å². The SMILES string of the molecule is CC(C)c1ccc(NC(=O)C(C)n2cnc3ccccc3c2=O)cc1. The first-order chi connectivity index (χ1) is 12.0. The third kappa shape index (κ3) is 3.45. The zero-order chi connectivity index (χ0) is 18.0. The molecule has 1 aromatic heterocycles. The van der Waals surface area contributed by atoms with E-state index in [0.717, 1.165) is 0 Å². The minimum Gasteiger partial charge on any atom is -0.324 e. The molecule has 0 aliphatic carbocycles. The number of rotatable bonds is 4. The van der Waals surface area contributed by atoms with Crippen LogP contribution in [0.15, 0.2) is 59.7 Å². The van der Waals surface area contributed by atoms with Crippen molar-refractivity contribution >= 4 is 22.5 Å². The maximum absolute atomic E-state index is 12.6. The second-order valence-electron chi connectivity index (χ2n) is 6.42. The molecule has 1 unspecified atom stereocenters. The quantitative estimate of drug-likeness (QED) is 0.790. The van der Waals surface area contributed by atoms with Crippen molar-refractivity contribution in [2.45, 2.75) is 32.7 Å². The number of amides is 1. The van der Waals surface area contributed by atoms with E-state index < -0.39 is 6.04 Å². The molecular formula is C20H21N3O2. The lowest BCUT2D eigenvalue weighted by Gasteiger charge is -2.15. The highest BCUT2D eigenvalue weighted by molar-refractivity contribution is 5.93. The molecule has 0 saturated carbocycles. The topological polar surface area (TPSA) is 64.0 Å². The van der Waals surface area contributed by atoms with E-state index in [4.69, 9.17) is 0 Å². The second kappa shape index (κ2) is 6.89. The molecule has 25 heavy (non-hydrogen) atoms. The van der Waals surface area contributed by atoms with E-state index in [1.807, 2.05) is 30.3 Å². The first-order valence-corrected chi connectivity index (χ1v) is 8.34. The highest BCUT2D eigenvalue weighted by Crippen LogP contribution is 2.18. The Morgan fingerprint density at radius 3 is 2.40 bits per heavy atom. The van der Waals surface area contributed by atoms with Gasteiger partial charge in [-0.25, -0.2) is 4.98 Å². The van der Waals surface area contributed by atoms with E-state index >= 15 is 0 Å². The van der Waals surface area contributed by atoms with Crippen LogP contribution in [0.5, 0.6) is 0 Å². The van der Waals surface area contributed by atoms with Gasteiger partial charge in [-0.1, -0.05) is 38.1 Å². The van der Waals surface area contributed by atoms with E-state index in [1.54, 1.807) is 25.1 Å².